The van der Waals surface area contributed by atoms with Gasteiger partial charge in [0.2, 0.25) is 12.7 Å². The Bertz CT molecular complexity index is 1080. The standard InChI is InChI=1S/C19H16N4O4S2/c24-16(10-4-5-12-13(8-10)27-9-26-12)22-19-21-15-11(2-1-3-14(15)29-19)17(25)23-18-20-6-7-28-18/h4-8,11H,1-3,9H2,(H,20,23,25)(H,21,22,24). The number of nitrogens with zero attached hydrogens (tertiary/aromatic N) is 2. The van der Waals surface area contributed by atoms with Crippen molar-refractivity contribution in [3.05, 3.63) is 45.9 Å². The maximum Gasteiger partial charge on any atom is 0.257 e. The largest absolute Gasteiger partial charge is 0.454 e. The minimum absolute atomic E-state index is 0.111. The van der Waals surface area contributed by atoms with E-state index >= 15 is 0 Å². The number of aryl methyl sites for hydroxylation is 1. The summed E-state index contributed by atoms with van der Waals surface area (Å²) in [6.45, 7) is 0.157. The number of hydrogen-bond donors (Lipinski definition) is 2. The summed E-state index contributed by atoms with van der Waals surface area (Å²) in [6, 6.07) is 5.04. The van der Waals surface area contributed by atoms with E-state index in [0.29, 0.717) is 27.3 Å². The van der Waals surface area contributed by atoms with Crippen molar-refractivity contribution in [1.82, 2.24) is 9.97 Å². The number of carbonyl (C=O) groups is 2. The van der Waals surface area contributed by atoms with E-state index in [1.807, 2.05) is 5.38 Å². The van der Waals surface area contributed by atoms with Crippen molar-refractivity contribution in [2.75, 3.05) is 17.4 Å². The van der Waals surface area contributed by atoms with E-state index in [9.17, 15) is 9.59 Å². The van der Waals surface area contributed by atoms with Crippen LogP contribution in [0.25, 0.3) is 0 Å². The summed E-state index contributed by atoms with van der Waals surface area (Å²) in [4.78, 5) is 35.0. The SMILES string of the molecule is O=C(Nc1nc2c(s1)CCCC2C(=O)Nc1nccs1)c1ccc2c(c1)OCO2. The van der Waals surface area contributed by atoms with Gasteiger partial charge in [0.1, 0.15) is 0 Å². The van der Waals surface area contributed by atoms with Crippen LogP contribution in [0.1, 0.15) is 39.7 Å². The van der Waals surface area contributed by atoms with Crippen LogP contribution in [-0.4, -0.2) is 28.6 Å². The molecule has 0 saturated carbocycles. The molecular weight excluding hydrogens is 412 g/mol. The minimum atomic E-state index is -0.338. The van der Waals surface area contributed by atoms with Gasteiger partial charge in [-0.1, -0.05) is 0 Å². The molecule has 0 spiro atoms. The molecule has 1 unspecified atom stereocenters. The van der Waals surface area contributed by atoms with Crippen LogP contribution in [0.2, 0.25) is 0 Å². The lowest BCUT2D eigenvalue weighted by Gasteiger charge is -2.19. The van der Waals surface area contributed by atoms with Crippen molar-refractivity contribution in [2.24, 2.45) is 0 Å². The zero-order chi connectivity index (χ0) is 19.8. The van der Waals surface area contributed by atoms with Gasteiger partial charge in [-0.25, -0.2) is 9.97 Å². The summed E-state index contributed by atoms with van der Waals surface area (Å²) in [6.07, 6.45) is 4.14. The summed E-state index contributed by atoms with van der Waals surface area (Å²) in [7, 11) is 0. The number of nitrogens with one attached hydrogen (secondary N) is 2. The van der Waals surface area contributed by atoms with E-state index < -0.39 is 0 Å². The summed E-state index contributed by atoms with van der Waals surface area (Å²) in [5, 5.41) is 8.58. The highest BCUT2D eigenvalue weighted by Crippen LogP contribution is 2.38. The Balaban J connectivity index is 1.33. The number of amides is 2. The first kappa shape index (κ1) is 18.1. The van der Waals surface area contributed by atoms with Crippen LogP contribution in [0.4, 0.5) is 10.3 Å². The Hall–Kier alpha value is -2.98. The highest BCUT2D eigenvalue weighted by atomic mass is 32.1. The number of anilines is 2. The van der Waals surface area contributed by atoms with Crippen LogP contribution in [0, 0.1) is 0 Å². The Morgan fingerprint density at radius 2 is 2.03 bits per heavy atom. The van der Waals surface area contributed by atoms with Gasteiger partial charge in [0.05, 0.1) is 11.6 Å². The molecule has 2 aliphatic rings. The van der Waals surface area contributed by atoms with Crippen LogP contribution < -0.4 is 20.1 Å². The van der Waals surface area contributed by atoms with Crippen molar-refractivity contribution < 1.29 is 19.1 Å². The quantitative estimate of drug-likeness (QED) is 0.658. The Labute approximate surface area is 173 Å². The van der Waals surface area contributed by atoms with Crippen molar-refractivity contribution in [3.8, 4) is 11.5 Å². The Kier molecular flexibility index (Phi) is 4.64. The number of aromatic nitrogens is 2. The molecule has 2 aromatic heterocycles. The van der Waals surface area contributed by atoms with Gasteiger partial charge in [-0.15, -0.1) is 22.7 Å². The normalized spacial score (nSPS) is 16.9. The molecule has 0 fully saturated rings. The maximum absolute atomic E-state index is 12.7. The Morgan fingerprint density at radius 1 is 1.14 bits per heavy atom. The predicted octanol–water partition coefficient (Wildman–Crippen LogP) is 3.64. The zero-order valence-electron chi connectivity index (χ0n) is 15.1. The van der Waals surface area contributed by atoms with Gasteiger partial charge in [-0.05, 0) is 37.5 Å². The number of carbonyl (C=O) groups excluding carboxylic acids is 2. The molecule has 0 bridgehead atoms. The topological polar surface area (TPSA) is 102 Å². The van der Waals surface area contributed by atoms with Gasteiger partial charge in [0.25, 0.3) is 5.91 Å². The average Bonchev–Trinajstić information content (AvgIpc) is 3.46. The number of thiazole rings is 2. The lowest BCUT2D eigenvalue weighted by molar-refractivity contribution is -0.117. The second kappa shape index (κ2) is 7.45. The molecule has 1 aromatic carbocycles. The second-order valence-electron chi connectivity index (χ2n) is 6.62. The minimum Gasteiger partial charge on any atom is -0.454 e. The first-order chi connectivity index (χ1) is 14.2. The average molecular weight is 428 g/mol. The van der Waals surface area contributed by atoms with Crippen molar-refractivity contribution >= 4 is 44.8 Å². The van der Waals surface area contributed by atoms with Crippen LogP contribution in [-0.2, 0) is 11.2 Å². The van der Waals surface area contributed by atoms with E-state index in [-0.39, 0.29) is 24.5 Å². The van der Waals surface area contributed by atoms with Crippen LogP contribution in [0.5, 0.6) is 11.5 Å². The molecule has 0 saturated heterocycles. The van der Waals surface area contributed by atoms with Crippen LogP contribution in [0.3, 0.4) is 0 Å². The summed E-state index contributed by atoms with van der Waals surface area (Å²) in [5.74, 6) is 0.448. The molecule has 3 heterocycles. The van der Waals surface area contributed by atoms with E-state index in [1.54, 1.807) is 24.4 Å². The van der Waals surface area contributed by atoms with Crippen molar-refractivity contribution in [1.29, 1.82) is 0 Å². The van der Waals surface area contributed by atoms with E-state index in [0.717, 1.165) is 29.8 Å². The maximum atomic E-state index is 12.7. The molecule has 5 rings (SSSR count). The molecule has 29 heavy (non-hydrogen) atoms. The molecular formula is C19H16N4O4S2. The summed E-state index contributed by atoms with van der Waals surface area (Å²) >= 11 is 2.80. The number of fused-ring (bicyclic) bond motifs is 2. The molecule has 3 aromatic rings. The van der Waals surface area contributed by atoms with E-state index in [1.165, 1.54) is 22.7 Å². The van der Waals surface area contributed by atoms with E-state index in [2.05, 4.69) is 20.6 Å². The van der Waals surface area contributed by atoms with Crippen LogP contribution in [0.15, 0.2) is 29.8 Å². The Morgan fingerprint density at radius 3 is 2.90 bits per heavy atom. The molecule has 2 amide bonds. The third-order valence-electron chi connectivity index (χ3n) is 4.79. The van der Waals surface area contributed by atoms with Gasteiger partial charge in [0.15, 0.2) is 21.8 Å². The highest BCUT2D eigenvalue weighted by Gasteiger charge is 2.31. The molecule has 1 atom stereocenters. The van der Waals surface area contributed by atoms with Crippen molar-refractivity contribution in [2.45, 2.75) is 25.2 Å². The number of ether oxygens (including phenoxy) is 2. The zero-order valence-corrected chi connectivity index (χ0v) is 16.8. The van der Waals surface area contributed by atoms with Crippen LogP contribution >= 0.6 is 22.7 Å². The van der Waals surface area contributed by atoms with Crippen molar-refractivity contribution in [3.63, 3.8) is 0 Å². The molecule has 10 heteroatoms. The molecule has 148 valence electrons. The lowest BCUT2D eigenvalue weighted by atomic mass is 9.90. The van der Waals surface area contributed by atoms with Gasteiger partial charge in [-0.3, -0.25) is 14.9 Å². The smallest absolute Gasteiger partial charge is 0.257 e. The molecule has 0 radical (unpaired) electrons. The number of rotatable bonds is 4. The third-order valence-corrected chi connectivity index (χ3v) is 6.52. The summed E-state index contributed by atoms with van der Waals surface area (Å²) < 4.78 is 10.6. The monoisotopic (exact) mass is 428 g/mol. The summed E-state index contributed by atoms with van der Waals surface area (Å²) in [5.41, 5.74) is 1.21. The fraction of sp³-hybridized carbons (Fsp3) is 0.263. The fourth-order valence-corrected chi connectivity index (χ4v) is 5.00. The molecule has 8 nitrogen and oxygen atoms in total. The number of hydrogen-bond acceptors (Lipinski definition) is 8. The number of benzene rings is 1. The van der Waals surface area contributed by atoms with Gasteiger partial charge < -0.3 is 14.8 Å². The molecule has 1 aliphatic carbocycles. The predicted molar refractivity (Wildman–Crippen MR) is 109 cm³/mol. The third kappa shape index (κ3) is 3.56. The first-order valence-corrected chi connectivity index (χ1v) is 10.8. The first-order valence-electron chi connectivity index (χ1n) is 9.08. The van der Waals surface area contributed by atoms with E-state index in [4.69, 9.17) is 9.47 Å². The van der Waals surface area contributed by atoms with Gasteiger partial charge in [0, 0.05) is 22.0 Å². The van der Waals surface area contributed by atoms with Gasteiger partial charge >= 0.3 is 0 Å². The molecule has 2 N–H and O–H groups in total. The highest BCUT2D eigenvalue weighted by molar-refractivity contribution is 7.16. The molecule has 1 aliphatic heterocycles. The fourth-order valence-electron chi connectivity index (χ4n) is 3.41. The lowest BCUT2D eigenvalue weighted by Crippen LogP contribution is -2.24. The van der Waals surface area contributed by atoms with Gasteiger partial charge in [-0.2, -0.15) is 0 Å². The second-order valence-corrected chi connectivity index (χ2v) is 8.60.